The first-order chi connectivity index (χ1) is 18.7. The van der Waals surface area contributed by atoms with E-state index < -0.39 is 23.9 Å². The number of benzene rings is 1. The lowest BCUT2D eigenvalue weighted by Crippen LogP contribution is -2.55. The Morgan fingerprint density at radius 2 is 1.79 bits per heavy atom. The molecule has 1 aromatic carbocycles. The summed E-state index contributed by atoms with van der Waals surface area (Å²) in [4.78, 5) is 58.6. The average Bonchev–Trinajstić information content (AvgIpc) is 3.12. The van der Waals surface area contributed by atoms with Crippen LogP contribution in [0.1, 0.15) is 32.3 Å². The van der Waals surface area contributed by atoms with Gasteiger partial charge in [0.15, 0.2) is 6.61 Å². The van der Waals surface area contributed by atoms with Crippen LogP contribution in [0, 0.1) is 5.92 Å². The molecule has 3 aliphatic heterocycles. The van der Waals surface area contributed by atoms with E-state index in [1.165, 1.54) is 12.0 Å². The summed E-state index contributed by atoms with van der Waals surface area (Å²) in [6, 6.07) is 5.53. The topological polar surface area (TPSA) is 121 Å². The Balaban J connectivity index is 1.90. The SMILES string of the molecule is COCCN1CC(=O)N[C@@H](C(=O)N2CCCN(C)CC2)Cc2ccc(cc2)OCC(=O)N[C@@H](CC(C)C)C1=O. The number of carbonyl (C=O) groups is 4. The van der Waals surface area contributed by atoms with Crippen molar-refractivity contribution in [3.05, 3.63) is 29.8 Å². The van der Waals surface area contributed by atoms with Gasteiger partial charge >= 0.3 is 0 Å². The monoisotopic (exact) mass is 545 g/mol. The molecule has 4 amide bonds. The van der Waals surface area contributed by atoms with Crippen molar-refractivity contribution in [1.82, 2.24) is 25.3 Å². The average molecular weight is 546 g/mol. The Labute approximate surface area is 231 Å². The van der Waals surface area contributed by atoms with Crippen molar-refractivity contribution < 1.29 is 28.7 Å². The zero-order valence-corrected chi connectivity index (χ0v) is 23.6. The standard InChI is InChI=1S/C28H43N5O6/c1-20(2)16-23-28(37)33(14-15-38-4)18-25(34)29-24(27(36)32-11-5-10-31(3)12-13-32)17-21-6-8-22(9-7-21)39-19-26(35)30-23/h6-9,20,23-24H,5,10-19H2,1-4H3,(H,29,34)(H,30,35)/t23-,24+/m0/s1. The fourth-order valence-electron chi connectivity index (χ4n) is 4.82. The van der Waals surface area contributed by atoms with Gasteiger partial charge in [-0.15, -0.1) is 0 Å². The summed E-state index contributed by atoms with van der Waals surface area (Å²) in [7, 11) is 3.55. The molecule has 0 unspecified atom stereocenters. The summed E-state index contributed by atoms with van der Waals surface area (Å²) >= 11 is 0. The molecule has 2 atom stereocenters. The molecule has 0 radical (unpaired) electrons. The van der Waals surface area contributed by atoms with E-state index in [0.717, 1.165) is 25.1 Å². The van der Waals surface area contributed by atoms with Gasteiger partial charge < -0.3 is 34.8 Å². The Morgan fingerprint density at radius 1 is 1.05 bits per heavy atom. The number of methoxy groups -OCH3 is 1. The normalized spacial score (nSPS) is 22.3. The first kappa shape index (κ1) is 30.4. The molecule has 1 aromatic rings. The highest BCUT2D eigenvalue weighted by Gasteiger charge is 2.31. The molecular weight excluding hydrogens is 502 g/mol. The van der Waals surface area contributed by atoms with Crippen LogP contribution in [0.3, 0.4) is 0 Å². The van der Waals surface area contributed by atoms with Crippen LogP contribution in [0.15, 0.2) is 24.3 Å². The molecule has 3 aliphatic rings. The lowest BCUT2D eigenvalue weighted by molar-refractivity contribution is -0.142. The Bertz CT molecular complexity index is 985. The number of carbonyl (C=O) groups excluding carboxylic acids is 4. The Morgan fingerprint density at radius 3 is 2.49 bits per heavy atom. The van der Waals surface area contributed by atoms with Crippen LogP contribution in [-0.2, 0) is 30.3 Å². The Kier molecular flexibility index (Phi) is 11.5. The van der Waals surface area contributed by atoms with Crippen LogP contribution < -0.4 is 15.4 Å². The van der Waals surface area contributed by atoms with E-state index in [2.05, 4.69) is 15.5 Å². The van der Waals surface area contributed by atoms with E-state index in [4.69, 9.17) is 9.47 Å². The fraction of sp³-hybridized carbons (Fsp3) is 0.643. The first-order valence-electron chi connectivity index (χ1n) is 13.7. The molecule has 2 N–H and O–H groups in total. The second-order valence-corrected chi connectivity index (χ2v) is 10.7. The lowest BCUT2D eigenvalue weighted by atomic mass is 10.0. The van der Waals surface area contributed by atoms with Crippen molar-refractivity contribution in [3.8, 4) is 5.75 Å². The predicted octanol–water partition coefficient (Wildman–Crippen LogP) is 0.276. The zero-order valence-electron chi connectivity index (χ0n) is 23.6. The van der Waals surface area contributed by atoms with Gasteiger partial charge in [-0.25, -0.2) is 0 Å². The third-order valence-electron chi connectivity index (χ3n) is 6.95. The number of nitrogens with zero attached hydrogens (tertiary/aromatic N) is 3. The van der Waals surface area contributed by atoms with Crippen molar-refractivity contribution in [2.45, 2.75) is 45.2 Å². The van der Waals surface area contributed by atoms with Crippen molar-refractivity contribution in [2.75, 3.05) is 66.6 Å². The molecule has 3 heterocycles. The van der Waals surface area contributed by atoms with E-state index in [-0.39, 0.29) is 44.0 Å². The van der Waals surface area contributed by atoms with Gasteiger partial charge in [-0.2, -0.15) is 0 Å². The van der Waals surface area contributed by atoms with Gasteiger partial charge in [0.05, 0.1) is 13.2 Å². The number of ether oxygens (including phenoxy) is 2. The molecule has 11 heteroatoms. The number of amides is 4. The molecule has 0 saturated carbocycles. The van der Waals surface area contributed by atoms with Crippen LogP contribution >= 0.6 is 0 Å². The molecule has 0 spiro atoms. The maximum atomic E-state index is 13.7. The molecule has 1 fully saturated rings. The number of rotatable bonds is 6. The second kappa shape index (κ2) is 14.8. The maximum Gasteiger partial charge on any atom is 0.258 e. The largest absolute Gasteiger partial charge is 0.484 e. The van der Waals surface area contributed by atoms with Gasteiger partial charge in [0.1, 0.15) is 17.8 Å². The molecular formula is C28H43N5O6. The summed E-state index contributed by atoms with van der Waals surface area (Å²) < 4.78 is 10.8. The highest BCUT2D eigenvalue weighted by Crippen LogP contribution is 2.16. The molecule has 0 aliphatic carbocycles. The molecule has 0 aromatic heterocycles. The van der Waals surface area contributed by atoms with E-state index >= 15 is 0 Å². The van der Waals surface area contributed by atoms with Crippen molar-refractivity contribution in [3.63, 3.8) is 0 Å². The molecule has 216 valence electrons. The van der Waals surface area contributed by atoms with Crippen molar-refractivity contribution in [2.24, 2.45) is 5.92 Å². The third kappa shape index (κ3) is 9.50. The van der Waals surface area contributed by atoms with Gasteiger partial charge in [0, 0.05) is 39.7 Å². The number of nitrogens with one attached hydrogen (secondary N) is 2. The zero-order chi connectivity index (χ0) is 28.4. The van der Waals surface area contributed by atoms with Gasteiger partial charge in [-0.1, -0.05) is 26.0 Å². The summed E-state index contributed by atoms with van der Waals surface area (Å²) in [5.74, 6) is -0.762. The molecule has 39 heavy (non-hydrogen) atoms. The molecule has 2 bridgehead atoms. The summed E-state index contributed by atoms with van der Waals surface area (Å²) in [6.07, 6.45) is 1.55. The first-order valence-corrected chi connectivity index (χ1v) is 13.7. The lowest BCUT2D eigenvalue weighted by Gasteiger charge is -2.30. The highest BCUT2D eigenvalue weighted by molar-refractivity contribution is 5.93. The van der Waals surface area contributed by atoms with Gasteiger partial charge in [0.2, 0.25) is 17.7 Å². The third-order valence-corrected chi connectivity index (χ3v) is 6.95. The van der Waals surface area contributed by atoms with Crippen LogP contribution in [0.25, 0.3) is 0 Å². The number of hydrogen-bond acceptors (Lipinski definition) is 7. The highest BCUT2D eigenvalue weighted by atomic mass is 16.5. The fourth-order valence-corrected chi connectivity index (χ4v) is 4.82. The number of likely N-dealkylation sites (N-methyl/N-ethyl adjacent to an activating group) is 1. The summed E-state index contributed by atoms with van der Waals surface area (Å²) in [5.41, 5.74) is 0.841. The predicted molar refractivity (Wildman–Crippen MR) is 146 cm³/mol. The van der Waals surface area contributed by atoms with E-state index in [1.54, 1.807) is 12.1 Å². The summed E-state index contributed by atoms with van der Waals surface area (Å²) in [5, 5.41) is 5.69. The van der Waals surface area contributed by atoms with Crippen LogP contribution in [0.2, 0.25) is 0 Å². The number of fused-ring (bicyclic) bond motifs is 13. The minimum absolute atomic E-state index is 0.117. The van der Waals surface area contributed by atoms with Crippen LogP contribution in [-0.4, -0.2) is 117 Å². The molecule has 1 saturated heterocycles. The Hall–Kier alpha value is -3.18. The minimum atomic E-state index is -0.826. The van der Waals surface area contributed by atoms with Gasteiger partial charge in [-0.05, 0) is 50.0 Å². The minimum Gasteiger partial charge on any atom is -0.484 e. The quantitative estimate of drug-likeness (QED) is 0.493. The van der Waals surface area contributed by atoms with Crippen molar-refractivity contribution >= 4 is 23.6 Å². The van der Waals surface area contributed by atoms with E-state index in [0.29, 0.717) is 31.7 Å². The molecule has 4 rings (SSSR count). The second-order valence-electron chi connectivity index (χ2n) is 10.7. The van der Waals surface area contributed by atoms with Gasteiger partial charge in [0.25, 0.3) is 5.91 Å². The summed E-state index contributed by atoms with van der Waals surface area (Å²) in [6.45, 7) is 6.69. The van der Waals surface area contributed by atoms with Crippen molar-refractivity contribution in [1.29, 1.82) is 0 Å². The maximum absolute atomic E-state index is 13.7. The van der Waals surface area contributed by atoms with Crippen LogP contribution in [0.4, 0.5) is 0 Å². The van der Waals surface area contributed by atoms with Gasteiger partial charge in [-0.3, -0.25) is 19.2 Å². The van der Waals surface area contributed by atoms with E-state index in [1.807, 2.05) is 37.9 Å². The van der Waals surface area contributed by atoms with Crippen LogP contribution in [0.5, 0.6) is 5.75 Å². The van der Waals surface area contributed by atoms with E-state index in [9.17, 15) is 19.2 Å². The molecule has 11 nitrogen and oxygen atoms in total. The number of hydrogen-bond donors (Lipinski definition) is 2. The smallest absolute Gasteiger partial charge is 0.258 e.